The molecule has 3 aliphatic rings. The summed E-state index contributed by atoms with van der Waals surface area (Å²) >= 11 is 0. The molecule has 4 rings (SSSR count). The van der Waals surface area contributed by atoms with Crippen molar-refractivity contribution in [3.05, 3.63) is 40.5 Å². The molecule has 1 aromatic carbocycles. The molecule has 4 nitrogen and oxygen atoms in total. The Kier molecular flexibility index (Phi) is 4.74. The van der Waals surface area contributed by atoms with Crippen molar-refractivity contribution in [3.8, 4) is 0 Å². The Morgan fingerprint density at radius 3 is 1.86 bits per heavy atom. The van der Waals surface area contributed by atoms with Crippen LogP contribution in [0.5, 0.6) is 0 Å². The number of esters is 2. The van der Waals surface area contributed by atoms with Crippen molar-refractivity contribution in [2.45, 2.75) is 77.5 Å². The quantitative estimate of drug-likeness (QED) is 0.299. The Balaban J connectivity index is 2.01. The zero-order valence-corrected chi connectivity index (χ0v) is 19.2. The van der Waals surface area contributed by atoms with Gasteiger partial charge in [0.2, 0.25) is 0 Å². The van der Waals surface area contributed by atoms with E-state index in [1.54, 1.807) is 0 Å². The maximum absolute atomic E-state index is 15.0. The van der Waals surface area contributed by atoms with Gasteiger partial charge in [-0.2, -0.15) is 0 Å². The summed E-state index contributed by atoms with van der Waals surface area (Å²) < 4.78 is 19.9. The zero-order valence-electron chi connectivity index (χ0n) is 18.4. The van der Waals surface area contributed by atoms with E-state index in [1.165, 1.54) is 5.56 Å². The summed E-state index contributed by atoms with van der Waals surface area (Å²) in [6, 6.07) is 4.42. The van der Waals surface area contributed by atoms with E-state index >= 15 is 0 Å². The highest BCUT2D eigenvalue weighted by Gasteiger charge is 2.70. The number of hydrogen-bond donors (Lipinski definition) is 0. The third kappa shape index (κ3) is 2.68. The molecule has 5 heteroatoms. The Morgan fingerprint density at radius 2 is 1.38 bits per heavy atom. The molecule has 3 heterocycles. The summed E-state index contributed by atoms with van der Waals surface area (Å²) in [4.78, 5) is 25.0. The molecule has 0 aliphatic carbocycles. The fourth-order valence-corrected chi connectivity index (χ4v) is 10.8. The molecule has 2 fully saturated rings. The maximum atomic E-state index is 15.0. The highest BCUT2D eigenvalue weighted by atomic mass is 31.2. The van der Waals surface area contributed by atoms with Gasteiger partial charge in [0.05, 0.1) is 17.5 Å². The van der Waals surface area contributed by atoms with Crippen molar-refractivity contribution in [2.24, 2.45) is 11.8 Å². The minimum atomic E-state index is -3.05. The van der Waals surface area contributed by atoms with Crippen molar-refractivity contribution in [1.82, 2.24) is 0 Å². The first kappa shape index (κ1) is 20.6. The van der Waals surface area contributed by atoms with Crippen LogP contribution in [0.1, 0.15) is 82.9 Å². The number of rotatable bonds is 4. The molecule has 0 saturated carbocycles. The first-order valence-electron chi connectivity index (χ1n) is 10.7. The van der Waals surface area contributed by atoms with Crippen LogP contribution in [-0.2, 0) is 18.9 Å². The number of ether oxygens (including phenoxy) is 1. The SMILES string of the molecule is CC1=C[C@H]2[C@H]3C(=O)OC(=O)[C@H]3[C@@H]1P2(=O)c1c(C(C)C)cc(C(C)C)cc1C(C)C. The van der Waals surface area contributed by atoms with Gasteiger partial charge in [-0.25, -0.2) is 0 Å². The number of hydrogen-bond acceptors (Lipinski definition) is 4. The van der Waals surface area contributed by atoms with Gasteiger partial charge >= 0.3 is 11.9 Å². The Labute approximate surface area is 173 Å². The molecule has 5 atom stereocenters. The van der Waals surface area contributed by atoms with Crippen LogP contribution in [0, 0.1) is 11.8 Å². The van der Waals surface area contributed by atoms with Gasteiger partial charge in [-0.15, -0.1) is 0 Å². The van der Waals surface area contributed by atoms with Crippen LogP contribution < -0.4 is 5.30 Å². The topological polar surface area (TPSA) is 60.4 Å². The van der Waals surface area contributed by atoms with Crippen LogP contribution >= 0.6 is 7.14 Å². The Morgan fingerprint density at radius 1 is 0.862 bits per heavy atom. The summed E-state index contributed by atoms with van der Waals surface area (Å²) in [5.41, 5.74) is 3.63. The molecule has 0 aromatic heterocycles. The number of carbonyl (C=O) groups is 2. The Bertz CT molecular complexity index is 956. The van der Waals surface area contributed by atoms with Crippen molar-refractivity contribution in [1.29, 1.82) is 0 Å². The number of carbonyl (C=O) groups excluding carboxylic acids is 2. The van der Waals surface area contributed by atoms with Gasteiger partial charge in [-0.1, -0.05) is 65.3 Å². The summed E-state index contributed by atoms with van der Waals surface area (Å²) in [5, 5.41) is 0.935. The van der Waals surface area contributed by atoms with Crippen molar-refractivity contribution in [2.75, 3.05) is 0 Å². The molecule has 3 aliphatic heterocycles. The molecule has 2 saturated heterocycles. The first-order chi connectivity index (χ1) is 13.5. The van der Waals surface area contributed by atoms with Crippen molar-refractivity contribution in [3.63, 3.8) is 0 Å². The third-order valence-electron chi connectivity index (χ3n) is 7.05. The standard InChI is InChI=1S/C24H31O4P/c1-11(2)15-9-16(12(3)4)22(17(10-15)13(5)6)29(27)18-8-14(7)21(29)20-19(18)23(25)28-24(20)26/h8-13,18-21H,1-7H3/t18-,19+,20+,21+,29?/m0/s1. The van der Waals surface area contributed by atoms with Gasteiger partial charge < -0.3 is 9.30 Å². The average Bonchev–Trinajstić information content (AvgIpc) is 3.17. The van der Waals surface area contributed by atoms with Gasteiger partial charge in [0.15, 0.2) is 0 Å². The second-order valence-electron chi connectivity index (χ2n) is 9.86. The molecular weight excluding hydrogens is 383 g/mol. The van der Waals surface area contributed by atoms with Crippen molar-refractivity contribution < 1.29 is 18.9 Å². The van der Waals surface area contributed by atoms with E-state index in [9.17, 15) is 14.2 Å². The Hall–Kier alpha value is -1.67. The first-order valence-corrected chi connectivity index (χ1v) is 12.6. The molecule has 0 radical (unpaired) electrons. The fraction of sp³-hybridized carbons (Fsp3) is 0.583. The largest absolute Gasteiger partial charge is 0.393 e. The average molecular weight is 414 g/mol. The monoisotopic (exact) mass is 414 g/mol. The molecule has 0 spiro atoms. The normalized spacial score (nSPS) is 33.1. The van der Waals surface area contributed by atoms with Crippen LogP contribution in [0.3, 0.4) is 0 Å². The number of benzene rings is 1. The lowest BCUT2D eigenvalue weighted by Gasteiger charge is -2.30. The van der Waals surface area contributed by atoms with E-state index in [-0.39, 0.29) is 11.8 Å². The molecule has 2 bridgehead atoms. The second-order valence-corrected chi connectivity index (χ2v) is 12.9. The number of allylic oxidation sites excluding steroid dienone is 2. The summed E-state index contributed by atoms with van der Waals surface area (Å²) in [6.45, 7) is 14.9. The van der Waals surface area contributed by atoms with E-state index in [1.807, 2.05) is 13.0 Å². The highest BCUT2D eigenvalue weighted by Crippen LogP contribution is 2.74. The summed E-state index contributed by atoms with van der Waals surface area (Å²) in [6.07, 6.45) is 2.00. The van der Waals surface area contributed by atoms with Gasteiger partial charge in [0.1, 0.15) is 7.14 Å². The minimum Gasteiger partial charge on any atom is -0.393 e. The van der Waals surface area contributed by atoms with Gasteiger partial charge in [0, 0.05) is 11.0 Å². The molecular formula is C24H31O4P. The van der Waals surface area contributed by atoms with E-state index in [0.717, 1.165) is 22.0 Å². The lowest BCUT2D eigenvalue weighted by Crippen LogP contribution is -2.28. The molecule has 156 valence electrons. The second kappa shape index (κ2) is 6.67. The zero-order chi connectivity index (χ0) is 21.4. The highest BCUT2D eigenvalue weighted by molar-refractivity contribution is 7.74. The van der Waals surface area contributed by atoms with Crippen molar-refractivity contribution >= 4 is 24.4 Å². The van der Waals surface area contributed by atoms with E-state index in [2.05, 4.69) is 53.7 Å². The maximum Gasteiger partial charge on any atom is 0.318 e. The third-order valence-corrected chi connectivity index (χ3v) is 11.2. The molecule has 0 amide bonds. The number of cyclic esters (lactones) is 2. The van der Waals surface area contributed by atoms with Crippen LogP contribution in [0.2, 0.25) is 0 Å². The molecule has 0 N–H and O–H groups in total. The van der Waals surface area contributed by atoms with E-state index in [0.29, 0.717) is 5.92 Å². The van der Waals surface area contributed by atoms with Gasteiger partial charge in [-0.05, 0) is 41.4 Å². The minimum absolute atomic E-state index is 0.204. The van der Waals surface area contributed by atoms with Crippen LogP contribution in [0.15, 0.2) is 23.8 Å². The predicted octanol–water partition coefficient (Wildman–Crippen LogP) is 5.07. The summed E-state index contributed by atoms with van der Waals surface area (Å²) in [7, 11) is -3.05. The number of fused-ring (bicyclic) bond motifs is 5. The fourth-order valence-electron chi connectivity index (χ4n) is 5.65. The smallest absolute Gasteiger partial charge is 0.318 e. The lowest BCUT2D eigenvalue weighted by atomic mass is 9.82. The van der Waals surface area contributed by atoms with E-state index < -0.39 is 42.2 Å². The molecule has 1 aromatic rings. The predicted molar refractivity (Wildman–Crippen MR) is 115 cm³/mol. The van der Waals surface area contributed by atoms with Gasteiger partial charge in [-0.3, -0.25) is 9.59 Å². The lowest BCUT2D eigenvalue weighted by molar-refractivity contribution is -0.153. The molecule has 29 heavy (non-hydrogen) atoms. The summed E-state index contributed by atoms with van der Waals surface area (Å²) in [5.74, 6) is -1.38. The van der Waals surface area contributed by atoms with E-state index in [4.69, 9.17) is 4.74 Å². The van der Waals surface area contributed by atoms with Crippen LogP contribution in [0.4, 0.5) is 0 Å². The van der Waals surface area contributed by atoms with Crippen LogP contribution in [0.25, 0.3) is 0 Å². The van der Waals surface area contributed by atoms with Crippen LogP contribution in [-0.4, -0.2) is 23.3 Å². The van der Waals surface area contributed by atoms with Gasteiger partial charge in [0.25, 0.3) is 0 Å². The molecule has 1 unspecified atom stereocenters.